The zero-order valence-electron chi connectivity index (χ0n) is 15.4. The quantitative estimate of drug-likeness (QED) is 0.639. The van der Waals surface area contributed by atoms with Crippen molar-refractivity contribution in [2.45, 2.75) is 31.7 Å². The zero-order chi connectivity index (χ0) is 21.5. The van der Waals surface area contributed by atoms with Gasteiger partial charge in [0.15, 0.2) is 0 Å². The summed E-state index contributed by atoms with van der Waals surface area (Å²) in [6.45, 7) is 0. The number of amides is 1. The maximum Gasteiger partial charge on any atom is 0.573 e. The van der Waals surface area contributed by atoms with Crippen molar-refractivity contribution < 1.29 is 22.7 Å². The SMILES string of the molecule is O=C(Cc1nn(C2CC2)c(=O)c2ccccc12)Nc1ccc(OC(F)(F)F)c(Cl)c1. The second kappa shape index (κ2) is 7.64. The Labute approximate surface area is 173 Å². The molecule has 1 aliphatic rings. The normalized spacial score (nSPS) is 14.0. The molecule has 0 saturated heterocycles. The van der Waals surface area contributed by atoms with Gasteiger partial charge in [-0.3, -0.25) is 9.59 Å². The number of halogens is 4. The van der Waals surface area contributed by atoms with Gasteiger partial charge >= 0.3 is 6.36 Å². The standard InChI is InChI=1S/C20H15ClF3N3O3/c21-15-9-11(5-8-17(15)30-20(22,23)24)25-18(28)10-16-13-3-1-2-4-14(13)19(29)27(26-16)12-6-7-12/h1-5,8-9,12H,6-7,10H2,(H,25,28). The summed E-state index contributed by atoms with van der Waals surface area (Å²) in [7, 11) is 0. The van der Waals surface area contributed by atoms with E-state index in [4.69, 9.17) is 11.6 Å². The Bertz CT molecular complexity index is 1190. The van der Waals surface area contributed by atoms with E-state index in [9.17, 15) is 22.8 Å². The van der Waals surface area contributed by atoms with Crippen molar-refractivity contribution in [2.24, 2.45) is 0 Å². The van der Waals surface area contributed by atoms with E-state index in [0.717, 1.165) is 25.0 Å². The van der Waals surface area contributed by atoms with Gasteiger partial charge in [-0.05, 0) is 37.1 Å². The van der Waals surface area contributed by atoms with Gasteiger partial charge in [-0.15, -0.1) is 13.2 Å². The van der Waals surface area contributed by atoms with E-state index in [2.05, 4.69) is 15.2 Å². The Morgan fingerprint density at radius 2 is 1.90 bits per heavy atom. The molecule has 0 unspecified atom stereocenters. The molecule has 0 atom stereocenters. The van der Waals surface area contributed by atoms with Gasteiger partial charge < -0.3 is 10.1 Å². The highest BCUT2D eigenvalue weighted by Crippen LogP contribution is 2.34. The summed E-state index contributed by atoms with van der Waals surface area (Å²) in [6.07, 6.45) is -3.26. The van der Waals surface area contributed by atoms with Crippen LogP contribution in [0.4, 0.5) is 18.9 Å². The molecule has 156 valence electrons. The minimum Gasteiger partial charge on any atom is -0.404 e. The lowest BCUT2D eigenvalue weighted by atomic mass is 10.1. The number of ether oxygens (including phenoxy) is 1. The van der Waals surface area contributed by atoms with Gasteiger partial charge in [-0.1, -0.05) is 29.8 Å². The Morgan fingerprint density at radius 1 is 1.20 bits per heavy atom. The van der Waals surface area contributed by atoms with Crippen LogP contribution in [0.5, 0.6) is 5.75 Å². The number of benzene rings is 2. The smallest absolute Gasteiger partial charge is 0.404 e. The van der Waals surface area contributed by atoms with Crippen molar-refractivity contribution in [3.63, 3.8) is 0 Å². The van der Waals surface area contributed by atoms with Crippen LogP contribution in [-0.4, -0.2) is 22.1 Å². The first kappa shape index (κ1) is 20.2. The molecule has 10 heteroatoms. The molecule has 1 fully saturated rings. The van der Waals surface area contributed by atoms with Gasteiger partial charge in [0.25, 0.3) is 5.56 Å². The van der Waals surface area contributed by atoms with Crippen LogP contribution in [0.2, 0.25) is 5.02 Å². The average molecular weight is 438 g/mol. The van der Waals surface area contributed by atoms with Gasteiger partial charge in [0.2, 0.25) is 5.91 Å². The fourth-order valence-corrected chi connectivity index (χ4v) is 3.33. The van der Waals surface area contributed by atoms with Crippen LogP contribution in [0.25, 0.3) is 10.8 Å². The fourth-order valence-electron chi connectivity index (χ4n) is 3.11. The predicted molar refractivity (Wildman–Crippen MR) is 105 cm³/mol. The first-order chi connectivity index (χ1) is 14.2. The summed E-state index contributed by atoms with van der Waals surface area (Å²) in [6, 6.07) is 10.4. The Morgan fingerprint density at radius 3 is 2.53 bits per heavy atom. The van der Waals surface area contributed by atoms with Crippen molar-refractivity contribution in [3.8, 4) is 5.75 Å². The molecule has 2 aromatic carbocycles. The summed E-state index contributed by atoms with van der Waals surface area (Å²) < 4.78 is 42.3. The molecule has 4 rings (SSSR count). The molecule has 1 N–H and O–H groups in total. The molecule has 6 nitrogen and oxygen atoms in total. The molecule has 1 heterocycles. The topological polar surface area (TPSA) is 73.2 Å². The van der Waals surface area contributed by atoms with Crippen molar-refractivity contribution >= 4 is 34.0 Å². The van der Waals surface area contributed by atoms with E-state index in [1.54, 1.807) is 24.3 Å². The third-order valence-electron chi connectivity index (χ3n) is 4.57. The highest BCUT2D eigenvalue weighted by molar-refractivity contribution is 6.32. The number of anilines is 1. The summed E-state index contributed by atoms with van der Waals surface area (Å²) in [5, 5.41) is 7.74. The third kappa shape index (κ3) is 4.40. The van der Waals surface area contributed by atoms with Gasteiger partial charge in [0.05, 0.1) is 28.6 Å². The number of rotatable bonds is 5. The van der Waals surface area contributed by atoms with Crippen molar-refractivity contribution in [1.29, 1.82) is 0 Å². The highest BCUT2D eigenvalue weighted by atomic mass is 35.5. The monoisotopic (exact) mass is 437 g/mol. The second-order valence-electron chi connectivity index (χ2n) is 6.89. The molecule has 0 spiro atoms. The van der Waals surface area contributed by atoms with E-state index >= 15 is 0 Å². The molecule has 0 aliphatic heterocycles. The lowest BCUT2D eigenvalue weighted by Crippen LogP contribution is -2.25. The molecular weight excluding hydrogens is 423 g/mol. The van der Waals surface area contributed by atoms with Crippen LogP contribution in [0, 0.1) is 0 Å². The van der Waals surface area contributed by atoms with Crippen molar-refractivity contribution in [2.75, 3.05) is 5.32 Å². The molecular formula is C20H15ClF3N3O3. The molecule has 1 saturated carbocycles. The third-order valence-corrected chi connectivity index (χ3v) is 4.86. The Balaban J connectivity index is 1.56. The molecule has 30 heavy (non-hydrogen) atoms. The lowest BCUT2D eigenvalue weighted by Gasteiger charge is -2.13. The van der Waals surface area contributed by atoms with E-state index in [1.807, 2.05) is 0 Å². The zero-order valence-corrected chi connectivity index (χ0v) is 16.1. The van der Waals surface area contributed by atoms with Crippen LogP contribution in [-0.2, 0) is 11.2 Å². The molecule has 3 aromatic rings. The van der Waals surface area contributed by atoms with E-state index in [-0.39, 0.29) is 28.7 Å². The molecule has 1 aliphatic carbocycles. The van der Waals surface area contributed by atoms with Crippen LogP contribution in [0.3, 0.4) is 0 Å². The van der Waals surface area contributed by atoms with Crippen LogP contribution < -0.4 is 15.6 Å². The highest BCUT2D eigenvalue weighted by Gasteiger charge is 2.32. The minimum absolute atomic E-state index is 0.0453. The number of carbonyl (C=O) groups excluding carboxylic acids is 1. The maximum absolute atomic E-state index is 12.6. The maximum atomic E-state index is 12.6. The number of aromatic nitrogens is 2. The van der Waals surface area contributed by atoms with Crippen LogP contribution in [0.15, 0.2) is 47.3 Å². The number of nitrogens with zero attached hydrogens (tertiary/aromatic N) is 2. The van der Waals surface area contributed by atoms with E-state index in [1.165, 1.54) is 10.7 Å². The first-order valence-electron chi connectivity index (χ1n) is 9.07. The van der Waals surface area contributed by atoms with Crippen LogP contribution >= 0.6 is 11.6 Å². The molecule has 0 bridgehead atoms. The van der Waals surface area contributed by atoms with Gasteiger partial charge in [0.1, 0.15) is 5.75 Å². The first-order valence-corrected chi connectivity index (χ1v) is 9.44. The minimum atomic E-state index is -4.87. The van der Waals surface area contributed by atoms with Gasteiger partial charge in [0, 0.05) is 11.1 Å². The molecule has 1 aromatic heterocycles. The molecule has 1 amide bonds. The summed E-state index contributed by atoms with van der Waals surface area (Å²) in [5.41, 5.74) is 0.460. The van der Waals surface area contributed by atoms with Gasteiger partial charge in [-0.25, -0.2) is 4.68 Å². The Hall–Kier alpha value is -3.07. The van der Waals surface area contributed by atoms with E-state index < -0.39 is 18.0 Å². The number of carbonyl (C=O) groups is 1. The number of hydrogen-bond donors (Lipinski definition) is 1. The number of nitrogens with one attached hydrogen (secondary N) is 1. The predicted octanol–water partition coefficient (Wildman–Crippen LogP) is 4.46. The largest absolute Gasteiger partial charge is 0.573 e. The summed E-state index contributed by atoms with van der Waals surface area (Å²) in [4.78, 5) is 25.1. The van der Waals surface area contributed by atoms with Gasteiger partial charge in [-0.2, -0.15) is 5.10 Å². The number of hydrogen-bond acceptors (Lipinski definition) is 4. The van der Waals surface area contributed by atoms with Crippen molar-refractivity contribution in [3.05, 3.63) is 63.5 Å². The van der Waals surface area contributed by atoms with Crippen molar-refractivity contribution in [1.82, 2.24) is 9.78 Å². The molecule has 0 radical (unpaired) electrons. The summed E-state index contributed by atoms with van der Waals surface area (Å²) >= 11 is 5.81. The Kier molecular flexibility index (Phi) is 5.15. The lowest BCUT2D eigenvalue weighted by molar-refractivity contribution is -0.274. The van der Waals surface area contributed by atoms with Crippen LogP contribution in [0.1, 0.15) is 24.6 Å². The van der Waals surface area contributed by atoms with E-state index in [0.29, 0.717) is 16.5 Å². The average Bonchev–Trinajstić information content (AvgIpc) is 3.50. The summed E-state index contributed by atoms with van der Waals surface area (Å²) in [5.74, 6) is -1.01. The number of fused-ring (bicyclic) bond motifs is 1. The fraction of sp³-hybridized carbons (Fsp3) is 0.250. The second-order valence-corrected chi connectivity index (χ2v) is 7.30. The number of alkyl halides is 3.